The third-order valence-corrected chi connectivity index (χ3v) is 3.56. The van der Waals surface area contributed by atoms with Gasteiger partial charge in [-0.05, 0) is 49.9 Å². The minimum atomic E-state index is -2.74. The lowest BCUT2D eigenvalue weighted by Gasteiger charge is -2.15. The van der Waals surface area contributed by atoms with Crippen LogP contribution in [0.4, 0.5) is 0 Å². The summed E-state index contributed by atoms with van der Waals surface area (Å²) in [5.41, 5.74) is 6.04. The summed E-state index contributed by atoms with van der Waals surface area (Å²) in [4.78, 5) is 11.6. The third-order valence-electron chi connectivity index (χ3n) is 1.92. The van der Waals surface area contributed by atoms with Gasteiger partial charge < -0.3 is 13.8 Å². The summed E-state index contributed by atoms with van der Waals surface area (Å²) in [5.74, 6) is 0.0826. The highest BCUT2D eigenvalue weighted by molar-refractivity contribution is 8.08. The van der Waals surface area contributed by atoms with E-state index in [1.165, 1.54) is 7.11 Å². The van der Waals surface area contributed by atoms with Crippen molar-refractivity contribution in [3.63, 3.8) is 0 Å². The molecule has 7 heteroatoms. The van der Waals surface area contributed by atoms with Crippen LogP contribution in [0.3, 0.4) is 0 Å². The second kappa shape index (κ2) is 6.29. The van der Waals surface area contributed by atoms with Gasteiger partial charge in [-0.15, -0.1) is 0 Å². The number of hydrogen-bond acceptors (Lipinski definition) is 5. The molecule has 5 nitrogen and oxygen atoms in total. The van der Waals surface area contributed by atoms with Gasteiger partial charge in [0.25, 0.3) is 0 Å². The Morgan fingerprint density at radius 2 is 1.89 bits per heavy atom. The third kappa shape index (κ3) is 4.74. The largest absolute Gasteiger partial charge is 0.459 e. The summed E-state index contributed by atoms with van der Waals surface area (Å²) in [6.07, 6.45) is -0.155. The molecule has 1 unspecified atom stereocenters. The molecule has 0 heterocycles. The van der Waals surface area contributed by atoms with Gasteiger partial charge in [0.15, 0.2) is 0 Å². The lowest BCUT2D eigenvalue weighted by atomic mass is 10.2. The molecular weight excluding hydrogens is 273 g/mol. The molecule has 18 heavy (non-hydrogen) atoms. The summed E-state index contributed by atoms with van der Waals surface area (Å²) >= 11 is 4.92. The van der Waals surface area contributed by atoms with E-state index in [1.54, 1.807) is 38.1 Å². The van der Waals surface area contributed by atoms with Crippen molar-refractivity contribution in [3.05, 3.63) is 29.8 Å². The normalized spacial score (nSPS) is 14.1. The first kappa shape index (κ1) is 15.1. The Hall–Kier alpha value is -0.940. The van der Waals surface area contributed by atoms with Crippen LogP contribution in [0.25, 0.3) is 0 Å². The van der Waals surface area contributed by atoms with Crippen LogP contribution in [0.1, 0.15) is 24.2 Å². The molecule has 0 spiro atoms. The van der Waals surface area contributed by atoms with E-state index < -0.39 is 6.64 Å². The van der Waals surface area contributed by atoms with E-state index in [-0.39, 0.29) is 12.1 Å². The first-order valence-electron chi connectivity index (χ1n) is 5.29. The zero-order valence-corrected chi connectivity index (χ0v) is 12.2. The predicted molar refractivity (Wildman–Crippen MR) is 73.1 cm³/mol. The monoisotopic (exact) mass is 289 g/mol. The van der Waals surface area contributed by atoms with Crippen molar-refractivity contribution in [3.8, 4) is 5.75 Å². The predicted octanol–water partition coefficient (Wildman–Crippen LogP) is 2.46. The number of esters is 1. The zero-order valence-electron chi connectivity index (χ0n) is 10.5. The average molecular weight is 289 g/mol. The highest BCUT2D eigenvalue weighted by atomic mass is 32.5. The zero-order chi connectivity index (χ0) is 13.8. The first-order valence-corrected chi connectivity index (χ1v) is 8.00. The van der Waals surface area contributed by atoms with E-state index in [0.29, 0.717) is 11.3 Å². The van der Waals surface area contributed by atoms with E-state index >= 15 is 0 Å². The molecule has 0 saturated carbocycles. The van der Waals surface area contributed by atoms with Gasteiger partial charge in [-0.1, -0.05) is 0 Å². The Kier molecular flexibility index (Phi) is 5.28. The maximum absolute atomic E-state index is 11.6. The van der Waals surface area contributed by atoms with Crippen molar-refractivity contribution in [1.29, 1.82) is 0 Å². The maximum atomic E-state index is 11.6. The molecule has 1 aromatic carbocycles. The molecule has 2 N–H and O–H groups in total. The van der Waals surface area contributed by atoms with Crippen LogP contribution >= 0.6 is 6.64 Å². The Labute approximate surface area is 111 Å². The molecule has 1 aromatic rings. The van der Waals surface area contributed by atoms with E-state index in [0.717, 1.165) is 0 Å². The molecule has 0 bridgehead atoms. The Morgan fingerprint density at radius 3 is 2.33 bits per heavy atom. The van der Waals surface area contributed by atoms with Crippen molar-refractivity contribution < 1.29 is 18.6 Å². The van der Waals surface area contributed by atoms with E-state index in [1.807, 2.05) is 0 Å². The van der Waals surface area contributed by atoms with Gasteiger partial charge in [0.05, 0.1) is 11.7 Å². The average Bonchev–Trinajstić information content (AvgIpc) is 2.28. The molecule has 100 valence electrons. The van der Waals surface area contributed by atoms with Gasteiger partial charge in [0, 0.05) is 7.11 Å². The molecule has 0 aliphatic heterocycles. The fraction of sp³-hybridized carbons (Fsp3) is 0.364. The molecule has 0 fully saturated rings. The highest BCUT2D eigenvalue weighted by Gasteiger charge is 2.13. The summed E-state index contributed by atoms with van der Waals surface area (Å²) in [5, 5.41) is 0. The molecule has 0 aromatic heterocycles. The van der Waals surface area contributed by atoms with Gasteiger partial charge in [0.1, 0.15) is 5.75 Å². The molecule has 0 aliphatic carbocycles. The SMILES string of the molecule is COP(N)(=S)Oc1ccc(C(=O)OC(C)C)cc1. The lowest BCUT2D eigenvalue weighted by Crippen LogP contribution is -2.11. The molecule has 1 atom stereocenters. The molecule has 0 radical (unpaired) electrons. The van der Waals surface area contributed by atoms with Crippen LogP contribution in [0.15, 0.2) is 24.3 Å². The molecule has 0 amide bonds. The highest BCUT2D eigenvalue weighted by Crippen LogP contribution is 2.39. The van der Waals surface area contributed by atoms with E-state index in [4.69, 9.17) is 31.1 Å². The fourth-order valence-electron chi connectivity index (χ4n) is 1.12. The number of rotatable bonds is 5. The summed E-state index contributed by atoms with van der Waals surface area (Å²) in [7, 11) is 1.40. The quantitative estimate of drug-likeness (QED) is 0.663. The van der Waals surface area contributed by atoms with Gasteiger partial charge in [0.2, 0.25) is 0 Å². The van der Waals surface area contributed by atoms with Crippen LogP contribution in [0.5, 0.6) is 5.75 Å². The van der Waals surface area contributed by atoms with Crippen molar-refractivity contribution in [1.82, 2.24) is 0 Å². The number of ether oxygens (including phenoxy) is 1. The fourth-order valence-corrected chi connectivity index (χ4v) is 1.87. The van der Waals surface area contributed by atoms with Crippen molar-refractivity contribution in [2.24, 2.45) is 5.50 Å². The summed E-state index contributed by atoms with van der Waals surface area (Å²) in [6, 6.07) is 6.38. The second-order valence-corrected chi connectivity index (χ2v) is 6.95. The standard InChI is InChI=1S/C11H16NO4PS/c1-8(2)15-11(13)9-4-6-10(7-5-9)16-17(12,18)14-3/h4-8H,1-3H3,(H2,12,18). The molecule has 0 saturated heterocycles. The molecule has 1 rings (SSSR count). The Balaban J connectivity index is 2.74. The van der Waals surface area contributed by atoms with Gasteiger partial charge in [-0.2, -0.15) is 0 Å². The number of carbonyl (C=O) groups excluding carboxylic acids is 1. The van der Waals surface area contributed by atoms with Gasteiger partial charge >= 0.3 is 12.6 Å². The number of benzene rings is 1. The number of carbonyl (C=O) groups is 1. The summed E-state index contributed by atoms with van der Waals surface area (Å²) < 4.78 is 15.2. The number of hydrogen-bond donors (Lipinski definition) is 1. The van der Waals surface area contributed by atoms with Gasteiger partial charge in [-0.3, -0.25) is 0 Å². The van der Waals surface area contributed by atoms with Crippen molar-refractivity contribution in [2.45, 2.75) is 20.0 Å². The van der Waals surface area contributed by atoms with Crippen LogP contribution in [-0.2, 0) is 21.1 Å². The van der Waals surface area contributed by atoms with Crippen molar-refractivity contribution >= 4 is 24.4 Å². The van der Waals surface area contributed by atoms with E-state index in [9.17, 15) is 4.79 Å². The molecule has 0 aliphatic rings. The maximum Gasteiger partial charge on any atom is 0.338 e. The number of nitrogens with two attached hydrogens (primary N) is 1. The minimum Gasteiger partial charge on any atom is -0.459 e. The van der Waals surface area contributed by atoms with E-state index in [2.05, 4.69) is 0 Å². The minimum absolute atomic E-state index is 0.155. The molecular formula is C11H16NO4PS. The van der Waals surface area contributed by atoms with Gasteiger partial charge in [-0.25, -0.2) is 10.3 Å². The van der Waals surface area contributed by atoms with Crippen LogP contribution in [-0.4, -0.2) is 19.2 Å². The van der Waals surface area contributed by atoms with Crippen LogP contribution in [0, 0.1) is 0 Å². The second-order valence-electron chi connectivity index (χ2n) is 3.79. The van der Waals surface area contributed by atoms with Crippen LogP contribution < -0.4 is 10.0 Å². The Bertz CT molecular complexity index is 461. The Morgan fingerprint density at radius 1 is 1.33 bits per heavy atom. The lowest BCUT2D eigenvalue weighted by molar-refractivity contribution is 0.0378. The smallest absolute Gasteiger partial charge is 0.338 e. The topological polar surface area (TPSA) is 70.8 Å². The summed E-state index contributed by atoms with van der Waals surface area (Å²) in [6.45, 7) is 0.841. The first-order chi connectivity index (χ1) is 8.34. The van der Waals surface area contributed by atoms with Crippen molar-refractivity contribution in [2.75, 3.05) is 7.11 Å². The van der Waals surface area contributed by atoms with Crippen LogP contribution in [0.2, 0.25) is 0 Å².